The van der Waals surface area contributed by atoms with Crippen molar-refractivity contribution in [1.29, 1.82) is 0 Å². The van der Waals surface area contributed by atoms with Gasteiger partial charge in [-0.05, 0) is 48.2 Å². The van der Waals surface area contributed by atoms with Crippen molar-refractivity contribution in [2.45, 2.75) is 19.9 Å². The average molecular weight is 340 g/mol. The molecule has 0 amide bonds. The zero-order valence-corrected chi connectivity index (χ0v) is 13.8. The summed E-state index contributed by atoms with van der Waals surface area (Å²) in [5, 5.41) is 5.71. The topological polar surface area (TPSA) is 21.3 Å². The molecule has 0 saturated heterocycles. The molecule has 1 heterocycles. The molecule has 19 heavy (non-hydrogen) atoms. The molecule has 0 radical (unpaired) electrons. The second-order valence-electron chi connectivity index (χ2n) is 4.35. The van der Waals surface area contributed by atoms with Crippen molar-refractivity contribution in [3.05, 3.63) is 50.1 Å². The molecular formula is C15H18BrNOS. The number of methoxy groups -OCH3 is 1. The molecule has 1 atom stereocenters. The smallest absolute Gasteiger partial charge is 0.120 e. The van der Waals surface area contributed by atoms with Crippen LogP contribution in [-0.4, -0.2) is 13.7 Å². The summed E-state index contributed by atoms with van der Waals surface area (Å²) in [5.74, 6) is 0.869. The molecule has 1 unspecified atom stereocenters. The molecular weight excluding hydrogens is 322 g/mol. The molecule has 0 spiro atoms. The van der Waals surface area contributed by atoms with E-state index >= 15 is 0 Å². The van der Waals surface area contributed by atoms with Gasteiger partial charge in [0.1, 0.15) is 5.75 Å². The highest BCUT2D eigenvalue weighted by Crippen LogP contribution is 2.35. The molecule has 0 saturated carbocycles. The Morgan fingerprint density at radius 1 is 1.37 bits per heavy atom. The Morgan fingerprint density at radius 3 is 2.68 bits per heavy atom. The van der Waals surface area contributed by atoms with Crippen molar-refractivity contribution in [2.24, 2.45) is 0 Å². The second kappa shape index (κ2) is 6.55. The van der Waals surface area contributed by atoms with Gasteiger partial charge < -0.3 is 10.1 Å². The Hall–Kier alpha value is -0.840. The first-order valence-corrected chi connectivity index (χ1v) is 7.95. The summed E-state index contributed by atoms with van der Waals surface area (Å²) >= 11 is 5.45. The summed E-state index contributed by atoms with van der Waals surface area (Å²) < 4.78 is 6.33. The van der Waals surface area contributed by atoms with E-state index in [1.807, 2.05) is 12.1 Å². The zero-order chi connectivity index (χ0) is 13.8. The van der Waals surface area contributed by atoms with Crippen LogP contribution in [0.4, 0.5) is 0 Å². The van der Waals surface area contributed by atoms with Crippen molar-refractivity contribution in [2.75, 3.05) is 13.7 Å². The Labute approximate surface area is 126 Å². The summed E-state index contributed by atoms with van der Waals surface area (Å²) in [6, 6.07) is 8.54. The summed E-state index contributed by atoms with van der Waals surface area (Å²) in [6.07, 6.45) is 0. The van der Waals surface area contributed by atoms with Crippen LogP contribution in [0.25, 0.3) is 0 Å². The lowest BCUT2D eigenvalue weighted by Gasteiger charge is -2.20. The molecule has 0 bridgehead atoms. The minimum Gasteiger partial charge on any atom is -0.497 e. The van der Waals surface area contributed by atoms with E-state index in [4.69, 9.17) is 4.74 Å². The molecule has 0 fully saturated rings. The SMILES string of the molecule is CCNC(c1ccc(OC)cc1Br)c1sccc1C. The third-order valence-electron chi connectivity index (χ3n) is 3.09. The van der Waals surface area contributed by atoms with Crippen molar-refractivity contribution in [3.8, 4) is 5.75 Å². The van der Waals surface area contributed by atoms with Crippen LogP contribution in [0.3, 0.4) is 0 Å². The molecule has 0 aliphatic heterocycles. The van der Waals surface area contributed by atoms with Gasteiger partial charge in [0, 0.05) is 9.35 Å². The lowest BCUT2D eigenvalue weighted by Crippen LogP contribution is -2.22. The fourth-order valence-corrected chi connectivity index (χ4v) is 3.70. The molecule has 1 aromatic carbocycles. The molecule has 102 valence electrons. The van der Waals surface area contributed by atoms with Crippen molar-refractivity contribution >= 4 is 27.3 Å². The molecule has 2 aromatic rings. The summed E-state index contributed by atoms with van der Waals surface area (Å²) in [6.45, 7) is 5.22. The highest BCUT2D eigenvalue weighted by atomic mass is 79.9. The van der Waals surface area contributed by atoms with E-state index in [1.54, 1.807) is 18.4 Å². The summed E-state index contributed by atoms with van der Waals surface area (Å²) in [5.41, 5.74) is 2.58. The van der Waals surface area contributed by atoms with E-state index in [2.05, 4.69) is 52.6 Å². The van der Waals surface area contributed by atoms with Crippen LogP contribution in [0.2, 0.25) is 0 Å². The molecule has 1 aromatic heterocycles. The maximum Gasteiger partial charge on any atom is 0.120 e. The Morgan fingerprint density at radius 2 is 2.16 bits per heavy atom. The number of hydrogen-bond acceptors (Lipinski definition) is 3. The van der Waals surface area contributed by atoms with Crippen LogP contribution < -0.4 is 10.1 Å². The average Bonchev–Trinajstić information content (AvgIpc) is 2.82. The lowest BCUT2D eigenvalue weighted by atomic mass is 10.0. The molecule has 2 rings (SSSR count). The largest absolute Gasteiger partial charge is 0.497 e. The number of ether oxygens (including phenoxy) is 1. The van der Waals surface area contributed by atoms with Gasteiger partial charge in [0.05, 0.1) is 13.2 Å². The summed E-state index contributed by atoms with van der Waals surface area (Å²) in [4.78, 5) is 1.37. The van der Waals surface area contributed by atoms with Crippen molar-refractivity contribution in [3.63, 3.8) is 0 Å². The van der Waals surface area contributed by atoms with E-state index in [9.17, 15) is 0 Å². The van der Waals surface area contributed by atoms with Crippen LogP contribution in [-0.2, 0) is 0 Å². The van der Waals surface area contributed by atoms with Crippen molar-refractivity contribution in [1.82, 2.24) is 5.32 Å². The molecule has 4 heteroatoms. The summed E-state index contributed by atoms with van der Waals surface area (Å²) in [7, 11) is 1.69. The Kier molecular flexibility index (Phi) is 5.02. The highest BCUT2D eigenvalue weighted by molar-refractivity contribution is 9.10. The number of rotatable bonds is 5. The number of hydrogen-bond donors (Lipinski definition) is 1. The normalized spacial score (nSPS) is 12.4. The minimum atomic E-state index is 0.227. The first kappa shape index (κ1) is 14.6. The van der Waals surface area contributed by atoms with Gasteiger partial charge in [0.15, 0.2) is 0 Å². The zero-order valence-electron chi connectivity index (χ0n) is 11.4. The van der Waals surface area contributed by atoms with Crippen LogP contribution in [0, 0.1) is 6.92 Å². The first-order valence-electron chi connectivity index (χ1n) is 6.28. The number of halogens is 1. The van der Waals surface area contributed by atoms with E-state index in [1.165, 1.54) is 16.0 Å². The quantitative estimate of drug-likeness (QED) is 0.864. The van der Waals surface area contributed by atoms with Crippen LogP contribution in [0.5, 0.6) is 5.75 Å². The van der Waals surface area contributed by atoms with E-state index in [0.29, 0.717) is 0 Å². The van der Waals surface area contributed by atoms with Gasteiger partial charge in [0.2, 0.25) is 0 Å². The maximum absolute atomic E-state index is 5.26. The Balaban J connectivity index is 2.42. The fourth-order valence-electron chi connectivity index (χ4n) is 2.10. The van der Waals surface area contributed by atoms with Gasteiger partial charge in [0.25, 0.3) is 0 Å². The lowest BCUT2D eigenvalue weighted by molar-refractivity contribution is 0.414. The second-order valence-corrected chi connectivity index (χ2v) is 6.15. The number of thiophene rings is 1. The molecule has 2 nitrogen and oxygen atoms in total. The first-order chi connectivity index (χ1) is 9.17. The fraction of sp³-hybridized carbons (Fsp3) is 0.333. The van der Waals surface area contributed by atoms with E-state index < -0.39 is 0 Å². The number of aryl methyl sites for hydroxylation is 1. The molecule has 0 aliphatic rings. The highest BCUT2D eigenvalue weighted by Gasteiger charge is 2.19. The van der Waals surface area contributed by atoms with E-state index in [0.717, 1.165) is 16.8 Å². The maximum atomic E-state index is 5.26. The number of nitrogens with one attached hydrogen (secondary N) is 1. The van der Waals surface area contributed by atoms with Gasteiger partial charge in [-0.2, -0.15) is 0 Å². The molecule has 1 N–H and O–H groups in total. The van der Waals surface area contributed by atoms with Gasteiger partial charge in [-0.15, -0.1) is 11.3 Å². The third kappa shape index (κ3) is 3.19. The van der Waals surface area contributed by atoms with Gasteiger partial charge in [-0.3, -0.25) is 0 Å². The van der Waals surface area contributed by atoms with Crippen LogP contribution in [0.15, 0.2) is 34.1 Å². The van der Waals surface area contributed by atoms with Crippen molar-refractivity contribution < 1.29 is 4.74 Å². The van der Waals surface area contributed by atoms with E-state index in [-0.39, 0.29) is 6.04 Å². The number of benzene rings is 1. The minimum absolute atomic E-state index is 0.227. The predicted molar refractivity (Wildman–Crippen MR) is 85.3 cm³/mol. The monoisotopic (exact) mass is 339 g/mol. The van der Waals surface area contributed by atoms with Crippen LogP contribution >= 0.6 is 27.3 Å². The Bertz CT molecular complexity index is 553. The standard InChI is InChI=1S/C15H18BrNOS/c1-4-17-14(15-10(2)7-8-19-15)12-6-5-11(18-3)9-13(12)16/h5-9,14,17H,4H2,1-3H3. The predicted octanol–water partition coefficient (Wildman–Crippen LogP) is 4.53. The third-order valence-corrected chi connectivity index (χ3v) is 4.86. The van der Waals surface area contributed by atoms with Gasteiger partial charge >= 0.3 is 0 Å². The van der Waals surface area contributed by atoms with Gasteiger partial charge in [-0.25, -0.2) is 0 Å². The van der Waals surface area contributed by atoms with Crippen LogP contribution in [0.1, 0.15) is 29.0 Å². The molecule has 0 aliphatic carbocycles. The van der Waals surface area contributed by atoms with Gasteiger partial charge in [-0.1, -0.05) is 28.9 Å².